The molecule has 0 radical (unpaired) electrons. The van der Waals surface area contributed by atoms with E-state index < -0.39 is 8.32 Å². The minimum absolute atomic E-state index is 0.157. The van der Waals surface area contributed by atoms with E-state index in [2.05, 4.69) is 60.0 Å². The van der Waals surface area contributed by atoms with E-state index in [-0.39, 0.29) is 10.9 Å². The fraction of sp³-hybridized carbons (Fsp3) is 0.972. The van der Waals surface area contributed by atoms with Crippen molar-refractivity contribution in [3.8, 4) is 0 Å². The van der Waals surface area contributed by atoms with Gasteiger partial charge in [0.15, 0.2) is 8.32 Å². The van der Waals surface area contributed by atoms with Gasteiger partial charge in [-0.2, -0.15) is 0 Å². The van der Waals surface area contributed by atoms with E-state index in [1.807, 2.05) is 7.11 Å². The van der Waals surface area contributed by atoms with Gasteiger partial charge in [0, 0.05) is 33.3 Å². The van der Waals surface area contributed by atoms with Crippen molar-refractivity contribution in [3.05, 3.63) is 0 Å². The van der Waals surface area contributed by atoms with E-state index in [1.54, 1.807) is 7.11 Å². The Labute approximate surface area is 265 Å². The van der Waals surface area contributed by atoms with Gasteiger partial charge >= 0.3 is 0 Å². The molecule has 4 saturated carbocycles. The maximum atomic E-state index is 12.6. The summed E-state index contributed by atoms with van der Waals surface area (Å²) in [5, 5.41) is 3.30. The Morgan fingerprint density at radius 2 is 1.65 bits per heavy atom. The van der Waals surface area contributed by atoms with Gasteiger partial charge in [-0.05, 0) is 122 Å². The van der Waals surface area contributed by atoms with Crippen molar-refractivity contribution in [2.75, 3.05) is 40.6 Å². The second-order valence-corrected chi connectivity index (χ2v) is 21.7. The predicted octanol–water partition coefficient (Wildman–Crippen LogP) is 7.86. The topological polar surface area (TPSA) is 66.0 Å². The average Bonchev–Trinajstić information content (AvgIpc) is 3.30. The van der Waals surface area contributed by atoms with Crippen LogP contribution in [-0.2, 0) is 23.4 Å². The summed E-state index contributed by atoms with van der Waals surface area (Å²) in [6, 6.07) is 0. The molecule has 43 heavy (non-hydrogen) atoms. The van der Waals surface area contributed by atoms with Crippen LogP contribution in [0.4, 0.5) is 0 Å². The van der Waals surface area contributed by atoms with Crippen molar-refractivity contribution in [2.45, 2.75) is 136 Å². The van der Waals surface area contributed by atoms with E-state index in [4.69, 9.17) is 18.6 Å². The summed E-state index contributed by atoms with van der Waals surface area (Å²) in [7, 11) is 1.88. The van der Waals surface area contributed by atoms with Crippen molar-refractivity contribution in [1.29, 1.82) is 0 Å². The number of carbonyl (C=O) groups excluding carboxylic acids is 1. The summed E-state index contributed by atoms with van der Waals surface area (Å²) >= 11 is 0. The smallest absolute Gasteiger partial charge is 0.220 e. The fourth-order valence-electron chi connectivity index (χ4n) is 10.2. The maximum Gasteiger partial charge on any atom is 0.220 e. The first-order valence-corrected chi connectivity index (χ1v) is 20.6. The highest BCUT2D eigenvalue weighted by Crippen LogP contribution is 2.69. The molecule has 0 saturated heterocycles. The van der Waals surface area contributed by atoms with E-state index in [0.29, 0.717) is 79.5 Å². The number of hydrogen-bond acceptors (Lipinski definition) is 5. The van der Waals surface area contributed by atoms with E-state index in [1.165, 1.54) is 51.4 Å². The van der Waals surface area contributed by atoms with Crippen LogP contribution in [0.25, 0.3) is 0 Å². The number of hydrogen-bond donors (Lipinski definition) is 1. The number of nitrogens with one attached hydrogen (secondary N) is 1. The van der Waals surface area contributed by atoms with Gasteiger partial charge in [0.1, 0.15) is 0 Å². The zero-order valence-electron chi connectivity index (χ0n) is 29.6. The largest absolute Gasteiger partial charge is 0.414 e. The minimum Gasteiger partial charge on any atom is -0.414 e. The zero-order valence-corrected chi connectivity index (χ0v) is 30.6. The third-order valence-electron chi connectivity index (χ3n) is 13.8. The van der Waals surface area contributed by atoms with Crippen LogP contribution in [-0.4, -0.2) is 67.0 Å². The molecule has 0 spiro atoms. The number of carbonyl (C=O) groups is 1. The van der Waals surface area contributed by atoms with E-state index in [9.17, 15) is 4.79 Å². The van der Waals surface area contributed by atoms with Crippen LogP contribution < -0.4 is 5.32 Å². The molecule has 0 heterocycles. The lowest BCUT2D eigenvalue weighted by molar-refractivity contribution is -0.181. The van der Waals surface area contributed by atoms with Crippen molar-refractivity contribution in [2.24, 2.45) is 46.3 Å². The van der Waals surface area contributed by atoms with Crippen molar-refractivity contribution < 1.29 is 23.4 Å². The van der Waals surface area contributed by atoms with Crippen molar-refractivity contribution >= 4 is 14.2 Å². The van der Waals surface area contributed by atoms with Crippen LogP contribution in [0.3, 0.4) is 0 Å². The molecule has 0 aromatic rings. The van der Waals surface area contributed by atoms with E-state index >= 15 is 0 Å². The van der Waals surface area contributed by atoms with Gasteiger partial charge < -0.3 is 24.0 Å². The van der Waals surface area contributed by atoms with Gasteiger partial charge in [-0.25, -0.2) is 0 Å². The molecule has 6 nitrogen and oxygen atoms in total. The van der Waals surface area contributed by atoms with Gasteiger partial charge in [0.25, 0.3) is 0 Å². The summed E-state index contributed by atoms with van der Waals surface area (Å²) in [5.74, 6) is 4.28. The summed E-state index contributed by atoms with van der Waals surface area (Å²) in [5.41, 5.74) is 0.762. The Kier molecular flexibility index (Phi) is 11.6. The Bertz CT molecular complexity index is 922. The normalized spacial score (nSPS) is 38.6. The zero-order chi connectivity index (χ0) is 31.6. The Morgan fingerprint density at radius 1 is 0.953 bits per heavy atom. The first-order valence-electron chi connectivity index (χ1n) is 17.7. The summed E-state index contributed by atoms with van der Waals surface area (Å²) in [6.45, 7) is 21.9. The van der Waals surface area contributed by atoms with Crippen LogP contribution in [0.5, 0.6) is 0 Å². The van der Waals surface area contributed by atoms with Gasteiger partial charge in [-0.1, -0.05) is 41.5 Å². The molecule has 0 aromatic carbocycles. The Balaban J connectivity index is 1.37. The molecule has 4 aliphatic rings. The second kappa shape index (κ2) is 14.1. The SMILES string of the molecule is COCCOCCNC(=O)CC[C@@H](C)[C@H]1CC[C@H]2[C@@H]3[C@H](OC)C[C@@H]4CC(O[Si](C)(C)C(C)(C)C)CC[C@]4(C)[C@H]3CC[C@]12C. The van der Waals surface area contributed by atoms with Gasteiger partial charge in [-0.15, -0.1) is 0 Å². The molecular formula is C36H67NO5Si. The van der Waals surface area contributed by atoms with Crippen LogP contribution >= 0.6 is 0 Å². The van der Waals surface area contributed by atoms with Crippen molar-refractivity contribution in [3.63, 3.8) is 0 Å². The van der Waals surface area contributed by atoms with E-state index in [0.717, 1.165) is 18.3 Å². The van der Waals surface area contributed by atoms with Crippen molar-refractivity contribution in [1.82, 2.24) is 5.32 Å². The highest BCUT2D eigenvalue weighted by atomic mass is 28.4. The molecule has 10 atom stereocenters. The van der Waals surface area contributed by atoms with Gasteiger partial charge in [0.2, 0.25) is 5.91 Å². The fourth-order valence-corrected chi connectivity index (χ4v) is 11.6. The lowest BCUT2D eigenvalue weighted by Crippen LogP contribution is -2.59. The van der Waals surface area contributed by atoms with Crippen LogP contribution in [0.15, 0.2) is 0 Å². The summed E-state index contributed by atoms with van der Waals surface area (Å²) in [4.78, 5) is 12.6. The average molecular weight is 622 g/mol. The molecule has 1 N–H and O–H groups in total. The number of rotatable bonds is 13. The molecule has 1 amide bonds. The molecule has 0 aliphatic heterocycles. The lowest BCUT2D eigenvalue weighted by atomic mass is 9.43. The molecule has 4 aliphatic carbocycles. The third kappa shape index (κ3) is 7.42. The monoisotopic (exact) mass is 621 g/mol. The van der Waals surface area contributed by atoms with Crippen LogP contribution in [0, 0.1) is 46.3 Å². The third-order valence-corrected chi connectivity index (χ3v) is 18.3. The Morgan fingerprint density at radius 3 is 2.33 bits per heavy atom. The maximum absolute atomic E-state index is 12.6. The molecule has 7 heteroatoms. The number of amides is 1. The standard InChI is InChI=1S/C36H67NO5Si/c1-25(11-14-32(38)37-19-20-41-22-21-39-7)28-12-13-29-33-30(16-18-36(28,29)6)35(5)17-15-27(23-26(35)24-31(33)40-8)42-43(9,10)34(2,3)4/h25-31,33H,11-24H2,1-10H3,(H,37,38)/t25-,26+,27?,28-,29+,30+,31-,33+,35+,36-/m1/s1. The minimum atomic E-state index is -1.77. The summed E-state index contributed by atoms with van der Waals surface area (Å²) < 4.78 is 23.9. The molecule has 0 aromatic heterocycles. The highest BCUT2D eigenvalue weighted by molar-refractivity contribution is 6.74. The number of fused-ring (bicyclic) bond motifs is 5. The van der Waals surface area contributed by atoms with Crippen LogP contribution in [0.2, 0.25) is 18.1 Å². The van der Waals surface area contributed by atoms with Gasteiger partial charge in [-0.3, -0.25) is 4.79 Å². The number of methoxy groups -OCH3 is 2. The van der Waals surface area contributed by atoms with Crippen LogP contribution in [0.1, 0.15) is 106 Å². The lowest BCUT2D eigenvalue weighted by Gasteiger charge is -2.63. The molecule has 4 fully saturated rings. The molecule has 0 bridgehead atoms. The molecule has 4 rings (SSSR count). The Hall–Kier alpha value is -0.473. The highest BCUT2D eigenvalue weighted by Gasteiger charge is 2.63. The molecule has 1 unspecified atom stereocenters. The second-order valence-electron chi connectivity index (χ2n) is 17.0. The first-order chi connectivity index (χ1) is 20.2. The summed E-state index contributed by atoms with van der Waals surface area (Å²) in [6.07, 6.45) is 12.6. The quantitative estimate of drug-likeness (QED) is 0.168. The van der Waals surface area contributed by atoms with Gasteiger partial charge in [0.05, 0.1) is 25.9 Å². The number of ether oxygens (including phenoxy) is 3. The molecule has 250 valence electrons. The predicted molar refractivity (Wildman–Crippen MR) is 178 cm³/mol. The first kappa shape index (κ1) is 35.4. The molecular weight excluding hydrogens is 554 g/mol.